The second kappa shape index (κ2) is 5.83. The lowest BCUT2D eigenvalue weighted by Crippen LogP contribution is -2.24. The summed E-state index contributed by atoms with van der Waals surface area (Å²) >= 11 is 0. The molecular weight excluding hydrogens is 286 g/mol. The maximum atomic E-state index is 13.3. The Bertz CT molecular complexity index is 718. The first kappa shape index (κ1) is 14.6. The van der Waals surface area contributed by atoms with Gasteiger partial charge in [0, 0.05) is 37.8 Å². The van der Waals surface area contributed by atoms with Crippen LogP contribution in [0.5, 0.6) is 0 Å². The Balaban J connectivity index is 1.75. The Morgan fingerprint density at radius 2 is 2.09 bits per heavy atom. The summed E-state index contributed by atoms with van der Waals surface area (Å²) in [5.74, 6) is -1.79. The maximum Gasteiger partial charge on any atom is 0.223 e. The van der Waals surface area contributed by atoms with Crippen LogP contribution in [-0.2, 0) is 11.3 Å². The molecular formula is C17H16F2N2O. The van der Waals surface area contributed by atoms with Gasteiger partial charge < -0.3 is 4.90 Å². The third kappa shape index (κ3) is 2.84. The van der Waals surface area contributed by atoms with Crippen molar-refractivity contribution < 1.29 is 13.6 Å². The van der Waals surface area contributed by atoms with Crippen LogP contribution in [0, 0.1) is 18.6 Å². The van der Waals surface area contributed by atoms with Crippen molar-refractivity contribution >= 4 is 5.91 Å². The van der Waals surface area contributed by atoms with Gasteiger partial charge in [-0.1, -0.05) is 6.07 Å². The van der Waals surface area contributed by atoms with E-state index < -0.39 is 11.6 Å². The zero-order valence-electron chi connectivity index (χ0n) is 12.2. The fraction of sp³-hybridized carbons (Fsp3) is 0.294. The molecule has 2 heterocycles. The summed E-state index contributed by atoms with van der Waals surface area (Å²) in [6.45, 7) is 2.99. The lowest BCUT2D eigenvalue weighted by molar-refractivity contribution is -0.128. The molecule has 0 spiro atoms. The SMILES string of the molecule is Cc1cnccc1CN1C[C@H](c2ccc(F)c(F)c2)CC1=O. The van der Waals surface area contributed by atoms with Gasteiger partial charge >= 0.3 is 0 Å². The average molecular weight is 302 g/mol. The molecule has 1 atom stereocenters. The molecule has 1 saturated heterocycles. The first-order valence-electron chi connectivity index (χ1n) is 7.17. The van der Waals surface area contributed by atoms with E-state index in [0.29, 0.717) is 25.1 Å². The van der Waals surface area contributed by atoms with Gasteiger partial charge in [0.2, 0.25) is 5.91 Å². The number of pyridine rings is 1. The highest BCUT2D eigenvalue weighted by Crippen LogP contribution is 2.30. The Morgan fingerprint density at radius 1 is 1.27 bits per heavy atom. The zero-order chi connectivity index (χ0) is 15.7. The third-order valence-corrected chi connectivity index (χ3v) is 4.13. The third-order valence-electron chi connectivity index (χ3n) is 4.13. The van der Waals surface area contributed by atoms with Crippen LogP contribution in [0.15, 0.2) is 36.7 Å². The van der Waals surface area contributed by atoms with Crippen molar-refractivity contribution in [1.29, 1.82) is 0 Å². The molecule has 3 rings (SSSR count). The Hall–Kier alpha value is -2.30. The van der Waals surface area contributed by atoms with E-state index in [4.69, 9.17) is 0 Å². The zero-order valence-corrected chi connectivity index (χ0v) is 12.2. The Kier molecular flexibility index (Phi) is 3.88. The summed E-state index contributed by atoms with van der Waals surface area (Å²) in [6.07, 6.45) is 3.80. The molecule has 114 valence electrons. The number of benzene rings is 1. The van der Waals surface area contributed by atoms with Crippen molar-refractivity contribution in [3.8, 4) is 0 Å². The summed E-state index contributed by atoms with van der Waals surface area (Å²) in [4.78, 5) is 18.0. The van der Waals surface area contributed by atoms with Crippen LogP contribution in [0.1, 0.15) is 29.0 Å². The highest BCUT2D eigenvalue weighted by molar-refractivity contribution is 5.79. The second-order valence-corrected chi connectivity index (χ2v) is 5.65. The molecule has 5 heteroatoms. The molecule has 2 aromatic rings. The molecule has 1 aromatic carbocycles. The fourth-order valence-electron chi connectivity index (χ4n) is 2.80. The number of nitrogens with zero attached hydrogens (tertiary/aromatic N) is 2. The van der Waals surface area contributed by atoms with E-state index in [2.05, 4.69) is 4.98 Å². The second-order valence-electron chi connectivity index (χ2n) is 5.65. The number of halogens is 2. The number of carbonyl (C=O) groups excluding carboxylic acids is 1. The minimum absolute atomic E-state index is 0.0333. The Morgan fingerprint density at radius 3 is 2.82 bits per heavy atom. The van der Waals surface area contributed by atoms with Gasteiger partial charge in [0.05, 0.1) is 0 Å². The molecule has 1 aliphatic heterocycles. The van der Waals surface area contributed by atoms with Gasteiger partial charge in [0.1, 0.15) is 0 Å². The largest absolute Gasteiger partial charge is 0.338 e. The van der Waals surface area contributed by atoms with Crippen molar-refractivity contribution in [2.75, 3.05) is 6.54 Å². The first-order valence-corrected chi connectivity index (χ1v) is 7.17. The smallest absolute Gasteiger partial charge is 0.223 e. The van der Waals surface area contributed by atoms with Gasteiger partial charge in [-0.25, -0.2) is 8.78 Å². The molecule has 0 saturated carbocycles. The van der Waals surface area contributed by atoms with Crippen molar-refractivity contribution in [2.24, 2.45) is 0 Å². The minimum atomic E-state index is -0.867. The van der Waals surface area contributed by atoms with E-state index in [1.54, 1.807) is 23.4 Å². The standard InChI is InChI=1S/C17H16F2N2O/c1-11-8-20-5-4-13(11)9-21-10-14(7-17(21)22)12-2-3-15(18)16(19)6-12/h2-6,8,14H,7,9-10H2,1H3/t14-/m1/s1. The van der Waals surface area contributed by atoms with Crippen LogP contribution in [0.4, 0.5) is 8.78 Å². The van der Waals surface area contributed by atoms with Gasteiger partial charge in [-0.2, -0.15) is 0 Å². The number of amides is 1. The quantitative estimate of drug-likeness (QED) is 0.872. The number of rotatable bonds is 3. The highest BCUT2D eigenvalue weighted by atomic mass is 19.2. The van der Waals surface area contributed by atoms with Gasteiger partial charge in [0.25, 0.3) is 0 Å². The molecule has 1 aliphatic rings. The fourth-order valence-corrected chi connectivity index (χ4v) is 2.80. The summed E-state index contributed by atoms with van der Waals surface area (Å²) in [6, 6.07) is 5.75. The van der Waals surface area contributed by atoms with Gasteiger partial charge in [0.15, 0.2) is 11.6 Å². The molecule has 22 heavy (non-hydrogen) atoms. The Labute approximate surface area is 127 Å². The monoisotopic (exact) mass is 302 g/mol. The molecule has 0 unspecified atom stereocenters. The van der Waals surface area contributed by atoms with E-state index >= 15 is 0 Å². The van der Waals surface area contributed by atoms with Crippen molar-refractivity contribution in [3.63, 3.8) is 0 Å². The van der Waals surface area contributed by atoms with Crippen molar-refractivity contribution in [1.82, 2.24) is 9.88 Å². The van der Waals surface area contributed by atoms with E-state index in [-0.39, 0.29) is 11.8 Å². The van der Waals surface area contributed by atoms with Gasteiger partial charge in [-0.15, -0.1) is 0 Å². The van der Waals surface area contributed by atoms with Gasteiger partial charge in [-0.3, -0.25) is 9.78 Å². The normalized spacial score (nSPS) is 18.0. The van der Waals surface area contributed by atoms with E-state index in [9.17, 15) is 13.6 Å². The van der Waals surface area contributed by atoms with E-state index in [1.165, 1.54) is 6.07 Å². The number of carbonyl (C=O) groups is 1. The summed E-state index contributed by atoms with van der Waals surface area (Å²) < 4.78 is 26.4. The molecule has 0 bridgehead atoms. The molecule has 0 aliphatic carbocycles. The molecule has 3 nitrogen and oxygen atoms in total. The molecule has 1 fully saturated rings. The van der Waals surface area contributed by atoms with Crippen molar-refractivity contribution in [3.05, 3.63) is 65.0 Å². The number of aromatic nitrogens is 1. The van der Waals surface area contributed by atoms with Crippen LogP contribution in [0.25, 0.3) is 0 Å². The van der Waals surface area contributed by atoms with Crippen LogP contribution >= 0.6 is 0 Å². The molecule has 0 N–H and O–H groups in total. The van der Waals surface area contributed by atoms with Crippen LogP contribution in [0.2, 0.25) is 0 Å². The number of hydrogen-bond donors (Lipinski definition) is 0. The number of likely N-dealkylation sites (tertiary alicyclic amines) is 1. The van der Waals surface area contributed by atoms with Crippen LogP contribution in [0.3, 0.4) is 0 Å². The predicted molar refractivity (Wildman–Crippen MR) is 78.1 cm³/mol. The summed E-state index contributed by atoms with van der Waals surface area (Å²) in [5.41, 5.74) is 2.75. The molecule has 1 amide bonds. The van der Waals surface area contributed by atoms with Crippen molar-refractivity contribution in [2.45, 2.75) is 25.8 Å². The first-order chi connectivity index (χ1) is 10.5. The average Bonchev–Trinajstić information content (AvgIpc) is 2.85. The molecule has 1 aromatic heterocycles. The van der Waals surface area contributed by atoms with Crippen LogP contribution in [-0.4, -0.2) is 22.3 Å². The number of aryl methyl sites for hydroxylation is 1. The van der Waals surface area contributed by atoms with Crippen LogP contribution < -0.4 is 0 Å². The summed E-state index contributed by atoms with van der Waals surface area (Å²) in [7, 11) is 0. The lowest BCUT2D eigenvalue weighted by Gasteiger charge is -2.18. The minimum Gasteiger partial charge on any atom is -0.338 e. The maximum absolute atomic E-state index is 13.3. The lowest BCUT2D eigenvalue weighted by atomic mass is 9.98. The van der Waals surface area contributed by atoms with Gasteiger partial charge in [-0.05, 0) is 41.8 Å². The van der Waals surface area contributed by atoms with E-state index in [1.807, 2.05) is 13.0 Å². The predicted octanol–water partition coefficient (Wildman–Crippen LogP) is 3.18. The molecule has 0 radical (unpaired) electrons. The van der Waals surface area contributed by atoms with E-state index in [0.717, 1.165) is 17.2 Å². The highest BCUT2D eigenvalue weighted by Gasteiger charge is 2.31. The number of hydrogen-bond acceptors (Lipinski definition) is 2. The topological polar surface area (TPSA) is 33.2 Å². The summed E-state index contributed by atoms with van der Waals surface area (Å²) in [5, 5.41) is 0.